The Morgan fingerprint density at radius 3 is 2.37 bits per heavy atom. The predicted octanol–water partition coefficient (Wildman–Crippen LogP) is 4.60. The van der Waals surface area contributed by atoms with Crippen LogP contribution >= 0.6 is 0 Å². The number of H-pyrrole nitrogens is 1. The molecule has 3 aromatic rings. The molecule has 3 fully saturated rings. The van der Waals surface area contributed by atoms with Crippen LogP contribution in [0.4, 0.5) is 14.9 Å². The number of anilines is 1. The van der Waals surface area contributed by atoms with Gasteiger partial charge in [-0.3, -0.25) is 14.7 Å². The lowest BCUT2D eigenvalue weighted by atomic mass is 9.95. The summed E-state index contributed by atoms with van der Waals surface area (Å²) in [5.41, 5.74) is 2.12. The predicted molar refractivity (Wildman–Crippen MR) is 170 cm³/mol. The number of carbonyl (C=O) groups excluding carboxylic acids is 2. The van der Waals surface area contributed by atoms with Crippen molar-refractivity contribution < 1.29 is 28.6 Å². The fourth-order valence-electron chi connectivity index (χ4n) is 6.44. The SMILES string of the molecule is CC(C)(Oc1cccc(N2CCCC(C(=O)N(Cc3ccc(-c4cn[nH]c4)cc3)C3CC3)C2)c1F)C(=O)N1CCN(C(=O)O)CC1. The van der Waals surface area contributed by atoms with Crippen LogP contribution in [0.3, 0.4) is 0 Å². The zero-order chi connectivity index (χ0) is 32.4. The zero-order valence-corrected chi connectivity index (χ0v) is 26.3. The molecule has 2 N–H and O–H groups in total. The maximum absolute atomic E-state index is 16.0. The lowest BCUT2D eigenvalue weighted by Gasteiger charge is -2.38. The molecule has 46 heavy (non-hydrogen) atoms. The van der Waals surface area contributed by atoms with Crippen LogP contribution in [0.5, 0.6) is 5.75 Å². The Bertz CT molecular complexity index is 1550. The molecule has 12 heteroatoms. The van der Waals surface area contributed by atoms with Crippen molar-refractivity contribution in [2.24, 2.45) is 5.92 Å². The second-order valence-corrected chi connectivity index (χ2v) is 12.9. The van der Waals surface area contributed by atoms with Crippen molar-refractivity contribution in [2.75, 3.05) is 44.2 Å². The average molecular weight is 633 g/mol. The van der Waals surface area contributed by atoms with E-state index >= 15 is 4.39 Å². The molecule has 0 spiro atoms. The number of nitrogens with one attached hydrogen (secondary N) is 1. The first-order chi connectivity index (χ1) is 22.1. The third kappa shape index (κ3) is 6.80. The van der Waals surface area contributed by atoms with Gasteiger partial charge < -0.3 is 29.4 Å². The number of ether oxygens (including phenoxy) is 1. The first kappa shape index (κ1) is 31.4. The monoisotopic (exact) mass is 632 g/mol. The summed E-state index contributed by atoms with van der Waals surface area (Å²) in [5.74, 6) is -1.09. The first-order valence-electron chi connectivity index (χ1n) is 16.0. The summed E-state index contributed by atoms with van der Waals surface area (Å²) in [4.78, 5) is 45.2. The van der Waals surface area contributed by atoms with E-state index in [1.807, 2.05) is 28.1 Å². The van der Waals surface area contributed by atoms with Crippen molar-refractivity contribution >= 4 is 23.6 Å². The largest absolute Gasteiger partial charge is 0.475 e. The van der Waals surface area contributed by atoms with Gasteiger partial charge in [-0.1, -0.05) is 30.3 Å². The normalized spacial score (nSPS) is 18.8. The third-order valence-corrected chi connectivity index (χ3v) is 9.18. The van der Waals surface area contributed by atoms with Gasteiger partial charge in [-0.15, -0.1) is 0 Å². The standard InChI is InChI=1S/C34H41FN6O5/c1-34(2,32(43)38-15-17-39(18-16-38)33(44)45)46-29-7-3-6-28(30(29)35)40-14-4-5-25(22-40)31(42)41(27-12-13-27)21-23-8-10-24(11-9-23)26-19-36-37-20-26/h3,6-11,19-20,25,27H,4-5,12-18,21-22H2,1-2H3,(H,36,37)(H,44,45). The van der Waals surface area contributed by atoms with Crippen LogP contribution in [0.1, 0.15) is 45.1 Å². The number of piperidine rings is 1. The molecular weight excluding hydrogens is 591 g/mol. The van der Waals surface area contributed by atoms with Gasteiger partial charge in [-0.25, -0.2) is 9.18 Å². The van der Waals surface area contributed by atoms with E-state index in [0.717, 1.165) is 42.4 Å². The Morgan fingerprint density at radius 2 is 1.72 bits per heavy atom. The molecule has 244 valence electrons. The van der Waals surface area contributed by atoms with Crippen LogP contribution in [-0.4, -0.2) is 98.8 Å². The second-order valence-electron chi connectivity index (χ2n) is 12.9. The lowest BCUT2D eigenvalue weighted by Crippen LogP contribution is -2.56. The molecule has 1 aromatic heterocycles. The molecular formula is C34H41FN6O5. The van der Waals surface area contributed by atoms with E-state index in [0.29, 0.717) is 25.3 Å². The minimum Gasteiger partial charge on any atom is -0.475 e. The molecule has 3 amide bonds. The topological polar surface area (TPSA) is 122 Å². The highest BCUT2D eigenvalue weighted by molar-refractivity contribution is 5.85. The Kier molecular flexibility index (Phi) is 8.88. The van der Waals surface area contributed by atoms with E-state index in [2.05, 4.69) is 22.3 Å². The Hall–Kier alpha value is -4.61. The summed E-state index contributed by atoms with van der Waals surface area (Å²) < 4.78 is 22.0. The van der Waals surface area contributed by atoms with Crippen molar-refractivity contribution in [1.29, 1.82) is 0 Å². The maximum atomic E-state index is 16.0. The van der Waals surface area contributed by atoms with Gasteiger partial charge in [0.25, 0.3) is 5.91 Å². The van der Waals surface area contributed by atoms with E-state index in [1.165, 1.54) is 11.0 Å². The fourth-order valence-corrected chi connectivity index (χ4v) is 6.44. The van der Waals surface area contributed by atoms with Crippen LogP contribution in [-0.2, 0) is 16.1 Å². The second kappa shape index (κ2) is 13.0. The Balaban J connectivity index is 1.11. The quantitative estimate of drug-likeness (QED) is 0.354. The van der Waals surface area contributed by atoms with Crippen molar-refractivity contribution in [1.82, 2.24) is 24.9 Å². The van der Waals surface area contributed by atoms with Gasteiger partial charge >= 0.3 is 6.09 Å². The molecule has 1 unspecified atom stereocenters. The summed E-state index contributed by atoms with van der Waals surface area (Å²) in [5, 5.41) is 16.1. The number of hydrogen-bond donors (Lipinski definition) is 2. The van der Waals surface area contributed by atoms with E-state index in [9.17, 15) is 19.5 Å². The molecule has 3 aliphatic rings. The van der Waals surface area contributed by atoms with E-state index < -0.39 is 17.5 Å². The molecule has 1 saturated carbocycles. The van der Waals surface area contributed by atoms with E-state index in [-0.39, 0.29) is 55.7 Å². The summed E-state index contributed by atoms with van der Waals surface area (Å²) in [6.45, 7) is 5.67. The number of hydrogen-bond acceptors (Lipinski definition) is 6. The molecule has 11 nitrogen and oxygen atoms in total. The highest BCUT2D eigenvalue weighted by Crippen LogP contribution is 2.35. The van der Waals surface area contributed by atoms with Gasteiger partial charge in [0.15, 0.2) is 17.2 Å². The Labute approximate surface area is 267 Å². The summed E-state index contributed by atoms with van der Waals surface area (Å²) in [6.07, 6.45) is 6.10. The molecule has 3 heterocycles. The molecule has 0 radical (unpaired) electrons. The fraction of sp³-hybridized carbons (Fsp3) is 0.471. The van der Waals surface area contributed by atoms with Crippen LogP contribution in [0.25, 0.3) is 11.1 Å². The number of benzene rings is 2. The van der Waals surface area contributed by atoms with Crippen molar-refractivity contribution in [3.05, 3.63) is 66.2 Å². The zero-order valence-electron chi connectivity index (χ0n) is 26.3. The number of aromatic nitrogens is 2. The van der Waals surface area contributed by atoms with Crippen LogP contribution in [0.2, 0.25) is 0 Å². The van der Waals surface area contributed by atoms with E-state index in [4.69, 9.17) is 4.74 Å². The minimum atomic E-state index is -1.37. The number of carbonyl (C=O) groups is 3. The van der Waals surface area contributed by atoms with Gasteiger partial charge in [0.2, 0.25) is 5.91 Å². The number of halogens is 1. The van der Waals surface area contributed by atoms with Crippen LogP contribution in [0, 0.1) is 11.7 Å². The van der Waals surface area contributed by atoms with Crippen molar-refractivity contribution in [3.8, 4) is 16.9 Å². The number of carboxylic acid groups (broad SMARTS) is 1. The Morgan fingerprint density at radius 1 is 1.00 bits per heavy atom. The number of amides is 3. The van der Waals surface area contributed by atoms with Gasteiger partial charge in [0.05, 0.1) is 17.8 Å². The van der Waals surface area contributed by atoms with Gasteiger partial charge in [-0.2, -0.15) is 5.10 Å². The molecule has 2 aliphatic heterocycles. The summed E-state index contributed by atoms with van der Waals surface area (Å²) in [6, 6.07) is 13.3. The van der Waals surface area contributed by atoms with Crippen molar-refractivity contribution in [2.45, 2.75) is 57.7 Å². The highest BCUT2D eigenvalue weighted by atomic mass is 19.1. The van der Waals surface area contributed by atoms with Gasteiger partial charge in [-0.05, 0) is 62.8 Å². The highest BCUT2D eigenvalue weighted by Gasteiger charge is 2.39. The number of aromatic amines is 1. The van der Waals surface area contributed by atoms with Gasteiger partial charge in [0, 0.05) is 63.6 Å². The third-order valence-electron chi connectivity index (χ3n) is 9.18. The first-order valence-corrected chi connectivity index (χ1v) is 16.0. The molecule has 2 saturated heterocycles. The maximum Gasteiger partial charge on any atom is 0.407 e. The summed E-state index contributed by atoms with van der Waals surface area (Å²) >= 11 is 0. The number of piperazine rings is 1. The van der Waals surface area contributed by atoms with Crippen molar-refractivity contribution in [3.63, 3.8) is 0 Å². The minimum absolute atomic E-state index is 0.0352. The molecule has 0 bridgehead atoms. The smallest absolute Gasteiger partial charge is 0.407 e. The van der Waals surface area contributed by atoms with E-state index in [1.54, 1.807) is 37.1 Å². The van der Waals surface area contributed by atoms with Crippen LogP contribution < -0.4 is 9.64 Å². The van der Waals surface area contributed by atoms with Gasteiger partial charge in [0.1, 0.15) is 0 Å². The molecule has 2 aromatic carbocycles. The molecule has 1 aliphatic carbocycles. The number of rotatable bonds is 9. The summed E-state index contributed by atoms with van der Waals surface area (Å²) in [7, 11) is 0. The average Bonchev–Trinajstić information content (AvgIpc) is 3.76. The number of nitrogens with zero attached hydrogens (tertiary/aromatic N) is 5. The molecule has 1 atom stereocenters. The molecule has 6 rings (SSSR count). The van der Waals surface area contributed by atoms with Crippen LogP contribution in [0.15, 0.2) is 54.9 Å². The lowest BCUT2D eigenvalue weighted by molar-refractivity contribution is -0.147.